The van der Waals surface area contributed by atoms with E-state index in [1.54, 1.807) is 18.3 Å². The first-order valence-corrected chi connectivity index (χ1v) is 5.54. The summed E-state index contributed by atoms with van der Waals surface area (Å²) in [4.78, 5) is 4.35. The number of imidazole rings is 1. The van der Waals surface area contributed by atoms with Crippen molar-refractivity contribution in [1.82, 2.24) is 9.38 Å². The van der Waals surface area contributed by atoms with Gasteiger partial charge in [0.15, 0.2) is 0 Å². The van der Waals surface area contributed by atoms with Crippen LogP contribution >= 0.6 is 0 Å². The maximum atomic E-state index is 13.6. The summed E-state index contributed by atoms with van der Waals surface area (Å²) in [5.41, 5.74) is 7.38. The van der Waals surface area contributed by atoms with Crippen molar-refractivity contribution in [3.63, 3.8) is 0 Å². The third kappa shape index (κ3) is 1.49. The van der Waals surface area contributed by atoms with Crippen molar-refractivity contribution >= 4 is 16.4 Å². The molecule has 17 heavy (non-hydrogen) atoms. The molecule has 0 radical (unpaired) electrons. The Labute approximate surface area is 97.7 Å². The normalized spacial score (nSPS) is 11.4. The number of halogens is 1. The van der Waals surface area contributed by atoms with Crippen molar-refractivity contribution in [3.8, 4) is 0 Å². The fourth-order valence-electron chi connectivity index (χ4n) is 2.15. The minimum absolute atomic E-state index is 0.214. The van der Waals surface area contributed by atoms with Crippen LogP contribution in [0.5, 0.6) is 0 Å². The molecule has 0 saturated heterocycles. The molecule has 0 unspecified atom stereocenters. The summed E-state index contributed by atoms with van der Waals surface area (Å²) in [6, 6.07) is 6.82. The van der Waals surface area contributed by atoms with E-state index in [0.717, 1.165) is 23.1 Å². The fraction of sp³-hybridized carbons (Fsp3) is 0.154. The Balaban J connectivity index is 2.38. The standard InChI is InChI=1S/C13H12FN3/c14-12-3-1-2-11-10(12)5-7-17-9(4-6-15)8-16-13(11)17/h1-3,5,7-8H,4,6,15H2. The number of rotatable bonds is 2. The average molecular weight is 229 g/mol. The molecule has 0 spiro atoms. The van der Waals surface area contributed by atoms with Gasteiger partial charge in [-0.3, -0.25) is 0 Å². The van der Waals surface area contributed by atoms with Crippen molar-refractivity contribution < 1.29 is 4.39 Å². The smallest absolute Gasteiger partial charge is 0.144 e. The molecule has 3 rings (SSSR count). The van der Waals surface area contributed by atoms with E-state index in [1.165, 1.54) is 6.07 Å². The molecule has 2 heterocycles. The minimum atomic E-state index is -0.214. The van der Waals surface area contributed by atoms with E-state index in [4.69, 9.17) is 5.73 Å². The van der Waals surface area contributed by atoms with Crippen LogP contribution in [0.15, 0.2) is 36.7 Å². The van der Waals surface area contributed by atoms with Gasteiger partial charge >= 0.3 is 0 Å². The lowest BCUT2D eigenvalue weighted by Crippen LogP contribution is -2.04. The molecule has 0 atom stereocenters. The predicted octanol–water partition coefficient (Wildman–Crippen LogP) is 2.13. The van der Waals surface area contributed by atoms with Gasteiger partial charge in [0.25, 0.3) is 0 Å². The quantitative estimate of drug-likeness (QED) is 0.731. The van der Waals surface area contributed by atoms with Crippen LogP contribution < -0.4 is 5.73 Å². The highest BCUT2D eigenvalue weighted by molar-refractivity contribution is 5.94. The number of hydrogen-bond acceptors (Lipinski definition) is 2. The number of pyridine rings is 1. The molecule has 1 aromatic carbocycles. The summed E-state index contributed by atoms with van der Waals surface area (Å²) < 4.78 is 15.6. The summed E-state index contributed by atoms with van der Waals surface area (Å²) >= 11 is 0. The second-order valence-electron chi connectivity index (χ2n) is 4.00. The Morgan fingerprint density at radius 1 is 1.24 bits per heavy atom. The van der Waals surface area contributed by atoms with Gasteiger partial charge in [-0.25, -0.2) is 9.37 Å². The monoisotopic (exact) mass is 229 g/mol. The molecule has 0 bridgehead atoms. The largest absolute Gasteiger partial charge is 0.330 e. The van der Waals surface area contributed by atoms with Gasteiger partial charge in [0, 0.05) is 35.3 Å². The number of nitrogens with two attached hydrogens (primary N) is 1. The summed E-state index contributed by atoms with van der Waals surface area (Å²) in [6.45, 7) is 0.578. The first kappa shape index (κ1) is 10.2. The van der Waals surface area contributed by atoms with Crippen molar-refractivity contribution in [2.24, 2.45) is 5.73 Å². The summed E-state index contributed by atoms with van der Waals surface area (Å²) in [6.07, 6.45) is 4.41. The molecule has 4 heteroatoms. The Kier molecular flexibility index (Phi) is 2.30. The van der Waals surface area contributed by atoms with Crippen LogP contribution in [0, 0.1) is 5.82 Å². The summed E-state index contributed by atoms with van der Waals surface area (Å²) in [5.74, 6) is -0.214. The number of benzene rings is 1. The van der Waals surface area contributed by atoms with E-state index in [9.17, 15) is 4.39 Å². The summed E-state index contributed by atoms with van der Waals surface area (Å²) in [5, 5.41) is 1.43. The first-order chi connectivity index (χ1) is 8.31. The van der Waals surface area contributed by atoms with E-state index < -0.39 is 0 Å². The lowest BCUT2D eigenvalue weighted by Gasteiger charge is -2.03. The van der Waals surface area contributed by atoms with Gasteiger partial charge in [-0.2, -0.15) is 0 Å². The van der Waals surface area contributed by atoms with E-state index in [0.29, 0.717) is 11.9 Å². The van der Waals surface area contributed by atoms with E-state index >= 15 is 0 Å². The van der Waals surface area contributed by atoms with Gasteiger partial charge in [0.2, 0.25) is 0 Å². The van der Waals surface area contributed by atoms with Gasteiger partial charge < -0.3 is 10.1 Å². The Morgan fingerprint density at radius 3 is 2.94 bits per heavy atom. The molecule has 0 fully saturated rings. The molecule has 0 aliphatic carbocycles. The zero-order valence-electron chi connectivity index (χ0n) is 9.23. The lowest BCUT2D eigenvalue weighted by atomic mass is 10.1. The molecule has 3 aromatic rings. The van der Waals surface area contributed by atoms with Crippen molar-refractivity contribution in [2.75, 3.05) is 6.54 Å². The van der Waals surface area contributed by atoms with Gasteiger partial charge in [-0.05, 0) is 18.7 Å². The highest BCUT2D eigenvalue weighted by Gasteiger charge is 2.08. The first-order valence-electron chi connectivity index (χ1n) is 5.54. The predicted molar refractivity (Wildman–Crippen MR) is 65.4 cm³/mol. The highest BCUT2D eigenvalue weighted by Crippen LogP contribution is 2.22. The molecule has 2 N–H and O–H groups in total. The maximum Gasteiger partial charge on any atom is 0.144 e. The Morgan fingerprint density at radius 2 is 2.12 bits per heavy atom. The van der Waals surface area contributed by atoms with Crippen molar-refractivity contribution in [1.29, 1.82) is 0 Å². The third-order valence-electron chi connectivity index (χ3n) is 2.96. The van der Waals surface area contributed by atoms with Gasteiger partial charge in [0.05, 0.1) is 0 Å². The van der Waals surface area contributed by atoms with Crippen LogP contribution in [0.4, 0.5) is 4.39 Å². The van der Waals surface area contributed by atoms with E-state index in [1.807, 2.05) is 16.7 Å². The molecule has 2 aromatic heterocycles. The number of fused-ring (bicyclic) bond motifs is 3. The minimum Gasteiger partial charge on any atom is -0.330 e. The zero-order valence-corrected chi connectivity index (χ0v) is 9.23. The van der Waals surface area contributed by atoms with E-state index in [-0.39, 0.29) is 5.82 Å². The molecule has 0 aliphatic rings. The van der Waals surface area contributed by atoms with Crippen LogP contribution in [-0.4, -0.2) is 15.9 Å². The van der Waals surface area contributed by atoms with E-state index in [2.05, 4.69) is 4.98 Å². The van der Waals surface area contributed by atoms with Crippen LogP contribution in [0.1, 0.15) is 5.69 Å². The highest BCUT2D eigenvalue weighted by atomic mass is 19.1. The maximum absolute atomic E-state index is 13.6. The molecular formula is C13H12FN3. The topological polar surface area (TPSA) is 43.3 Å². The Bertz CT molecular complexity index is 688. The average Bonchev–Trinajstić information content (AvgIpc) is 2.74. The second-order valence-corrected chi connectivity index (χ2v) is 4.00. The van der Waals surface area contributed by atoms with Crippen LogP contribution in [0.3, 0.4) is 0 Å². The van der Waals surface area contributed by atoms with Gasteiger partial charge in [0.1, 0.15) is 11.5 Å². The fourth-order valence-corrected chi connectivity index (χ4v) is 2.15. The van der Waals surface area contributed by atoms with Gasteiger partial charge in [-0.15, -0.1) is 0 Å². The van der Waals surface area contributed by atoms with Crippen LogP contribution in [0.2, 0.25) is 0 Å². The third-order valence-corrected chi connectivity index (χ3v) is 2.96. The molecule has 0 aliphatic heterocycles. The van der Waals surface area contributed by atoms with Crippen LogP contribution in [-0.2, 0) is 6.42 Å². The molecule has 0 amide bonds. The number of nitrogens with zero attached hydrogens (tertiary/aromatic N) is 2. The summed E-state index contributed by atoms with van der Waals surface area (Å²) in [7, 11) is 0. The lowest BCUT2D eigenvalue weighted by molar-refractivity contribution is 0.640. The second kappa shape index (κ2) is 3.82. The SMILES string of the molecule is NCCc1cnc2c3cccc(F)c3ccn12. The number of hydrogen-bond donors (Lipinski definition) is 1. The van der Waals surface area contributed by atoms with Crippen molar-refractivity contribution in [2.45, 2.75) is 6.42 Å². The zero-order chi connectivity index (χ0) is 11.8. The molecule has 3 nitrogen and oxygen atoms in total. The molecule has 0 saturated carbocycles. The number of aromatic nitrogens is 2. The molecular weight excluding hydrogens is 217 g/mol. The Hall–Kier alpha value is -1.94. The van der Waals surface area contributed by atoms with Crippen molar-refractivity contribution in [3.05, 3.63) is 48.2 Å². The van der Waals surface area contributed by atoms with Crippen LogP contribution in [0.25, 0.3) is 16.4 Å². The van der Waals surface area contributed by atoms with Gasteiger partial charge in [-0.1, -0.05) is 12.1 Å². The molecule has 86 valence electrons.